The molecule has 0 aliphatic carbocycles. The monoisotopic (exact) mass is 225 g/mol. The second kappa shape index (κ2) is 3.48. The molecule has 2 aliphatic rings. The van der Waals surface area contributed by atoms with Crippen molar-refractivity contribution in [2.24, 2.45) is 0 Å². The number of carbonyl (C=O) groups is 1. The minimum Gasteiger partial charge on any atom is -0.444 e. The van der Waals surface area contributed by atoms with Crippen LogP contribution < -0.4 is 0 Å². The van der Waals surface area contributed by atoms with Crippen molar-refractivity contribution in [2.45, 2.75) is 44.4 Å². The number of ether oxygens (including phenoxy) is 2. The van der Waals surface area contributed by atoms with Gasteiger partial charge in [-0.25, -0.2) is 4.79 Å². The van der Waals surface area contributed by atoms with Gasteiger partial charge < -0.3 is 9.47 Å². The second-order valence-electron chi connectivity index (χ2n) is 5.55. The number of fused-ring (bicyclic) bond motifs is 2. The molecule has 0 aromatic rings. The average Bonchev–Trinajstić information content (AvgIpc) is 2.72. The van der Waals surface area contributed by atoms with Crippen LogP contribution in [0, 0.1) is 0 Å². The number of hydrogen-bond donors (Lipinski definition) is 0. The molecule has 4 nitrogen and oxygen atoms in total. The van der Waals surface area contributed by atoms with Gasteiger partial charge >= 0.3 is 6.09 Å². The van der Waals surface area contributed by atoms with Gasteiger partial charge in [0.2, 0.25) is 0 Å². The molecule has 0 spiro atoms. The molecule has 2 saturated heterocycles. The van der Waals surface area contributed by atoms with E-state index < -0.39 is 5.60 Å². The summed E-state index contributed by atoms with van der Waals surface area (Å²) < 4.78 is 11.0. The molecule has 2 bridgehead atoms. The third kappa shape index (κ3) is 1.94. The molecule has 1 amide bonds. The lowest BCUT2D eigenvalue weighted by atomic mass is 10.0. The molecule has 16 heavy (non-hydrogen) atoms. The summed E-state index contributed by atoms with van der Waals surface area (Å²) in [5.41, 5.74) is -0.775. The summed E-state index contributed by atoms with van der Waals surface area (Å²) >= 11 is 0. The number of amides is 1. The van der Waals surface area contributed by atoms with Gasteiger partial charge in [0.15, 0.2) is 0 Å². The average molecular weight is 225 g/mol. The summed E-state index contributed by atoms with van der Waals surface area (Å²) in [4.78, 5) is 13.7. The van der Waals surface area contributed by atoms with Crippen LogP contribution in [0.1, 0.15) is 27.2 Å². The lowest BCUT2D eigenvalue weighted by Crippen LogP contribution is -2.46. The molecular weight excluding hydrogens is 206 g/mol. The summed E-state index contributed by atoms with van der Waals surface area (Å²) in [6.07, 6.45) is 2.40. The van der Waals surface area contributed by atoms with Crippen LogP contribution in [0.5, 0.6) is 0 Å². The quantitative estimate of drug-likeness (QED) is 0.640. The summed E-state index contributed by atoms with van der Waals surface area (Å²) in [5, 5.41) is 0. The first-order chi connectivity index (χ1) is 7.35. The van der Waals surface area contributed by atoms with E-state index in [0.717, 1.165) is 6.42 Å². The largest absolute Gasteiger partial charge is 0.444 e. The van der Waals surface area contributed by atoms with E-state index in [1.807, 2.05) is 20.8 Å². The van der Waals surface area contributed by atoms with Crippen molar-refractivity contribution in [3.05, 3.63) is 12.7 Å². The Morgan fingerprint density at radius 1 is 1.62 bits per heavy atom. The predicted molar refractivity (Wildman–Crippen MR) is 60.2 cm³/mol. The SMILES string of the molecule is C=C[C@]12C[C@H](CO1)N(C(=O)OC(C)(C)C)C2. The smallest absolute Gasteiger partial charge is 0.410 e. The third-order valence-corrected chi connectivity index (χ3v) is 3.02. The van der Waals surface area contributed by atoms with E-state index in [4.69, 9.17) is 9.47 Å². The Morgan fingerprint density at radius 3 is 2.81 bits per heavy atom. The molecule has 90 valence electrons. The Bertz CT molecular complexity index is 321. The number of carbonyl (C=O) groups excluding carboxylic acids is 1. The van der Waals surface area contributed by atoms with Crippen molar-refractivity contribution in [3.63, 3.8) is 0 Å². The number of hydrogen-bond acceptors (Lipinski definition) is 3. The predicted octanol–water partition coefficient (Wildman–Crippen LogP) is 1.95. The Labute approximate surface area is 96.2 Å². The first-order valence-electron chi connectivity index (χ1n) is 5.62. The molecule has 2 rings (SSSR count). The van der Waals surface area contributed by atoms with Crippen LogP contribution in [0.4, 0.5) is 4.79 Å². The van der Waals surface area contributed by atoms with E-state index in [-0.39, 0.29) is 17.7 Å². The third-order valence-electron chi connectivity index (χ3n) is 3.02. The number of rotatable bonds is 1. The lowest BCUT2D eigenvalue weighted by Gasteiger charge is -2.32. The highest BCUT2D eigenvalue weighted by Crippen LogP contribution is 2.38. The van der Waals surface area contributed by atoms with Gasteiger partial charge in [-0.05, 0) is 20.8 Å². The van der Waals surface area contributed by atoms with E-state index >= 15 is 0 Å². The second-order valence-corrected chi connectivity index (χ2v) is 5.55. The number of likely N-dealkylation sites (tertiary alicyclic amines) is 1. The molecule has 2 fully saturated rings. The van der Waals surface area contributed by atoms with Crippen LogP contribution in [0.25, 0.3) is 0 Å². The highest BCUT2D eigenvalue weighted by Gasteiger charge is 2.51. The fraction of sp³-hybridized carbons (Fsp3) is 0.750. The molecule has 2 aliphatic heterocycles. The highest BCUT2D eigenvalue weighted by atomic mass is 16.6. The molecule has 2 heterocycles. The first-order valence-corrected chi connectivity index (χ1v) is 5.62. The summed E-state index contributed by atoms with van der Waals surface area (Å²) in [5.74, 6) is 0. The minimum atomic E-state index is -0.443. The van der Waals surface area contributed by atoms with Gasteiger partial charge in [0.05, 0.1) is 19.2 Å². The molecule has 0 aromatic heterocycles. The van der Waals surface area contributed by atoms with Gasteiger partial charge in [-0.15, -0.1) is 6.58 Å². The fourth-order valence-corrected chi connectivity index (χ4v) is 2.25. The summed E-state index contributed by atoms with van der Waals surface area (Å²) in [7, 11) is 0. The van der Waals surface area contributed by atoms with Crippen molar-refractivity contribution < 1.29 is 14.3 Å². The van der Waals surface area contributed by atoms with Crippen LogP contribution in [0.15, 0.2) is 12.7 Å². The van der Waals surface area contributed by atoms with E-state index in [1.165, 1.54) is 0 Å². The molecular formula is C12H19NO3. The maximum Gasteiger partial charge on any atom is 0.410 e. The Morgan fingerprint density at radius 2 is 2.31 bits per heavy atom. The topological polar surface area (TPSA) is 38.8 Å². The van der Waals surface area contributed by atoms with Crippen molar-refractivity contribution in [1.29, 1.82) is 0 Å². The van der Waals surface area contributed by atoms with E-state index in [9.17, 15) is 4.79 Å². The molecule has 0 saturated carbocycles. The van der Waals surface area contributed by atoms with Crippen LogP contribution in [-0.2, 0) is 9.47 Å². The molecule has 2 atom stereocenters. The highest BCUT2D eigenvalue weighted by molar-refractivity contribution is 5.69. The van der Waals surface area contributed by atoms with Gasteiger partial charge in [0.1, 0.15) is 11.2 Å². The van der Waals surface area contributed by atoms with Crippen LogP contribution in [0.3, 0.4) is 0 Å². The molecule has 0 radical (unpaired) electrons. The van der Waals surface area contributed by atoms with E-state index in [2.05, 4.69) is 6.58 Å². The molecule has 0 N–H and O–H groups in total. The Kier molecular flexibility index (Phi) is 2.49. The normalized spacial score (nSPS) is 32.9. The lowest BCUT2D eigenvalue weighted by molar-refractivity contribution is -0.0314. The van der Waals surface area contributed by atoms with Gasteiger partial charge in [0, 0.05) is 6.42 Å². The molecule has 0 unspecified atom stereocenters. The van der Waals surface area contributed by atoms with Crippen LogP contribution >= 0.6 is 0 Å². The van der Waals surface area contributed by atoms with Crippen molar-refractivity contribution in [2.75, 3.05) is 13.2 Å². The number of nitrogens with zero attached hydrogens (tertiary/aromatic N) is 1. The Balaban J connectivity index is 2.03. The fourth-order valence-electron chi connectivity index (χ4n) is 2.25. The zero-order chi connectivity index (χ0) is 12.0. The summed E-state index contributed by atoms with van der Waals surface area (Å²) in [6, 6.07) is 0.146. The van der Waals surface area contributed by atoms with Gasteiger partial charge in [-0.2, -0.15) is 0 Å². The van der Waals surface area contributed by atoms with Gasteiger partial charge in [-0.3, -0.25) is 4.90 Å². The molecule has 0 aromatic carbocycles. The van der Waals surface area contributed by atoms with E-state index in [1.54, 1.807) is 11.0 Å². The Hall–Kier alpha value is -1.03. The van der Waals surface area contributed by atoms with Crippen molar-refractivity contribution >= 4 is 6.09 Å². The van der Waals surface area contributed by atoms with Crippen molar-refractivity contribution in [1.82, 2.24) is 4.90 Å². The minimum absolute atomic E-state index is 0.146. The van der Waals surface area contributed by atoms with Crippen molar-refractivity contribution in [3.8, 4) is 0 Å². The summed E-state index contributed by atoms with van der Waals surface area (Å²) in [6.45, 7) is 10.6. The maximum absolute atomic E-state index is 11.9. The van der Waals surface area contributed by atoms with Gasteiger partial charge in [-0.1, -0.05) is 6.08 Å². The zero-order valence-electron chi connectivity index (χ0n) is 10.2. The number of morpholine rings is 1. The van der Waals surface area contributed by atoms with Crippen LogP contribution in [-0.4, -0.2) is 41.4 Å². The first kappa shape index (κ1) is 11.5. The van der Waals surface area contributed by atoms with Gasteiger partial charge in [0.25, 0.3) is 0 Å². The maximum atomic E-state index is 11.9. The molecule has 4 heteroatoms. The van der Waals surface area contributed by atoms with E-state index in [0.29, 0.717) is 13.2 Å². The zero-order valence-corrected chi connectivity index (χ0v) is 10.2. The standard InChI is InChI=1S/C12H19NO3/c1-5-12-6-9(7-15-12)13(8-12)10(14)16-11(2,3)4/h5,9H,1,6-8H2,2-4H3/t9-,12-/m1/s1. The van der Waals surface area contributed by atoms with Crippen LogP contribution in [0.2, 0.25) is 0 Å².